The molecule has 0 amide bonds. The number of nitriles is 2. The lowest BCUT2D eigenvalue weighted by Crippen LogP contribution is -2.36. The number of imidazole rings is 1. The molecule has 0 bridgehead atoms. The minimum absolute atomic E-state index is 0.0807. The topological polar surface area (TPSA) is 131 Å². The third kappa shape index (κ3) is 5.93. The fourth-order valence-corrected chi connectivity index (χ4v) is 5.54. The van der Waals surface area contributed by atoms with Gasteiger partial charge in [-0.3, -0.25) is 9.58 Å². The molecule has 0 saturated carbocycles. The average Bonchev–Trinajstić information content (AvgIpc) is 3.58. The summed E-state index contributed by atoms with van der Waals surface area (Å²) in [6.07, 6.45) is 4.43. The Bertz CT molecular complexity index is 1740. The second kappa shape index (κ2) is 12.2. The van der Waals surface area contributed by atoms with Gasteiger partial charge in [-0.25, -0.2) is 14.2 Å². The van der Waals surface area contributed by atoms with Gasteiger partial charge in [0.1, 0.15) is 29.9 Å². The van der Waals surface area contributed by atoms with Gasteiger partial charge >= 0.3 is 5.97 Å². The molecule has 4 aromatic rings. The van der Waals surface area contributed by atoms with Gasteiger partial charge in [0.15, 0.2) is 0 Å². The van der Waals surface area contributed by atoms with E-state index in [0.717, 1.165) is 61.9 Å². The highest BCUT2D eigenvalue weighted by atomic mass is 19.1. The molecule has 220 valence electrons. The molecule has 1 unspecified atom stereocenters. The Labute approximate surface area is 247 Å². The zero-order valence-corrected chi connectivity index (χ0v) is 23.7. The number of nitrogens with zero attached hydrogens (tertiary/aromatic N) is 7. The van der Waals surface area contributed by atoms with Crippen molar-refractivity contribution in [3.05, 3.63) is 76.5 Å². The van der Waals surface area contributed by atoms with Gasteiger partial charge in [0.05, 0.1) is 60.6 Å². The summed E-state index contributed by atoms with van der Waals surface area (Å²) in [6.45, 7) is 3.58. The minimum atomic E-state index is -0.540. The van der Waals surface area contributed by atoms with Crippen molar-refractivity contribution in [2.24, 2.45) is 0 Å². The van der Waals surface area contributed by atoms with E-state index in [0.29, 0.717) is 18.7 Å². The normalized spacial score (nSPS) is 17.3. The highest BCUT2D eigenvalue weighted by Crippen LogP contribution is 2.28. The van der Waals surface area contributed by atoms with Crippen LogP contribution >= 0.6 is 0 Å². The van der Waals surface area contributed by atoms with E-state index in [1.165, 1.54) is 19.2 Å². The molecule has 6 rings (SSSR count). The molecule has 2 aliphatic heterocycles. The number of rotatable bonds is 9. The summed E-state index contributed by atoms with van der Waals surface area (Å²) >= 11 is 0. The molecule has 0 radical (unpaired) electrons. The van der Waals surface area contributed by atoms with Crippen molar-refractivity contribution in [1.82, 2.24) is 24.2 Å². The Kier molecular flexibility index (Phi) is 8.05. The van der Waals surface area contributed by atoms with Crippen molar-refractivity contribution >= 4 is 17.0 Å². The monoisotopic (exact) mass is 583 g/mol. The highest BCUT2D eigenvalue weighted by Gasteiger charge is 2.27. The number of aromatic nitrogens is 4. The van der Waals surface area contributed by atoms with Crippen LogP contribution in [0.3, 0.4) is 0 Å². The Balaban J connectivity index is 1.12. The van der Waals surface area contributed by atoms with Crippen LogP contribution in [0.1, 0.15) is 58.2 Å². The summed E-state index contributed by atoms with van der Waals surface area (Å²) < 4.78 is 34.6. The number of carbonyl (C=O) groups is 1. The van der Waals surface area contributed by atoms with Gasteiger partial charge in [-0.15, -0.1) is 5.10 Å². The average molecular weight is 584 g/mol. The molecule has 2 aliphatic rings. The summed E-state index contributed by atoms with van der Waals surface area (Å²) in [4.78, 5) is 19.4. The Morgan fingerprint density at radius 3 is 2.63 bits per heavy atom. The Morgan fingerprint density at radius 2 is 1.95 bits per heavy atom. The lowest BCUT2D eigenvalue weighted by atomic mass is 10.1. The quantitative estimate of drug-likeness (QED) is 0.267. The van der Waals surface area contributed by atoms with Crippen LogP contribution in [0, 0.1) is 28.5 Å². The van der Waals surface area contributed by atoms with Crippen molar-refractivity contribution in [2.75, 3.05) is 26.8 Å². The van der Waals surface area contributed by atoms with Gasteiger partial charge in [-0.2, -0.15) is 10.5 Å². The number of esters is 1. The highest BCUT2D eigenvalue weighted by molar-refractivity contribution is 5.93. The number of halogens is 1. The van der Waals surface area contributed by atoms with Crippen LogP contribution < -0.4 is 4.74 Å². The largest absolute Gasteiger partial charge is 0.471 e. The fraction of sp³-hybridized carbons (Fsp3) is 0.387. The van der Waals surface area contributed by atoms with Gasteiger partial charge < -0.3 is 18.8 Å². The van der Waals surface area contributed by atoms with E-state index in [4.69, 9.17) is 24.5 Å². The second-order valence-corrected chi connectivity index (χ2v) is 10.8. The van der Waals surface area contributed by atoms with E-state index in [9.17, 15) is 14.4 Å². The summed E-state index contributed by atoms with van der Waals surface area (Å²) in [5.41, 5.74) is 2.99. The van der Waals surface area contributed by atoms with E-state index in [1.54, 1.807) is 16.9 Å². The maximum Gasteiger partial charge on any atom is 0.337 e. The summed E-state index contributed by atoms with van der Waals surface area (Å²) in [7, 11) is 1.37. The summed E-state index contributed by atoms with van der Waals surface area (Å²) in [5.74, 6) is 0.155. The molecule has 4 heterocycles. The summed E-state index contributed by atoms with van der Waals surface area (Å²) in [6, 6.07) is 13.7. The molecule has 2 aromatic heterocycles. The molecule has 1 atom stereocenters. The molecule has 0 N–H and O–H groups in total. The lowest BCUT2D eigenvalue weighted by Gasteiger charge is -2.32. The molecule has 2 saturated heterocycles. The molecular formula is C31H30FN7O4. The van der Waals surface area contributed by atoms with Crippen molar-refractivity contribution in [1.29, 1.82) is 10.5 Å². The predicted octanol–water partition coefficient (Wildman–Crippen LogP) is 4.11. The van der Waals surface area contributed by atoms with E-state index < -0.39 is 5.82 Å². The van der Waals surface area contributed by atoms with Gasteiger partial charge in [0.25, 0.3) is 5.88 Å². The second-order valence-electron chi connectivity index (χ2n) is 10.8. The lowest BCUT2D eigenvalue weighted by molar-refractivity contribution is -0.0592. The Hall–Kier alpha value is -4.78. The van der Waals surface area contributed by atoms with Gasteiger partial charge in [-0.05, 0) is 49.6 Å². The predicted molar refractivity (Wildman–Crippen MR) is 151 cm³/mol. The van der Waals surface area contributed by atoms with Crippen LogP contribution in [0.4, 0.5) is 4.39 Å². The third-order valence-electron chi connectivity index (χ3n) is 8.09. The van der Waals surface area contributed by atoms with E-state index in [-0.39, 0.29) is 47.3 Å². The molecule has 0 aliphatic carbocycles. The number of benzene rings is 2. The van der Waals surface area contributed by atoms with Crippen LogP contribution in [-0.2, 0) is 29.2 Å². The van der Waals surface area contributed by atoms with Crippen molar-refractivity contribution in [3.63, 3.8) is 0 Å². The number of hydrogen-bond donors (Lipinski definition) is 0. The number of hydrogen-bond acceptors (Lipinski definition) is 9. The number of carbonyl (C=O) groups excluding carboxylic acids is 1. The van der Waals surface area contributed by atoms with Crippen LogP contribution in [0.15, 0.2) is 42.6 Å². The number of fused-ring (bicyclic) bond motifs is 1. The van der Waals surface area contributed by atoms with Crippen molar-refractivity contribution in [3.8, 4) is 18.0 Å². The van der Waals surface area contributed by atoms with Crippen LogP contribution in [0.5, 0.6) is 5.88 Å². The Morgan fingerprint density at radius 1 is 1.14 bits per heavy atom. The molecule has 43 heavy (non-hydrogen) atoms. The fourth-order valence-electron chi connectivity index (χ4n) is 5.54. The first-order valence-corrected chi connectivity index (χ1v) is 14.2. The number of piperidine rings is 1. The molecule has 0 spiro atoms. The van der Waals surface area contributed by atoms with Crippen LogP contribution in [-0.4, -0.2) is 63.1 Å². The van der Waals surface area contributed by atoms with Gasteiger partial charge in [-0.1, -0.05) is 6.07 Å². The molecule has 12 heteroatoms. The molecule has 2 fully saturated rings. The number of methoxy groups -OCH3 is 1. The number of likely N-dealkylation sites (tertiary alicyclic amines) is 1. The van der Waals surface area contributed by atoms with Crippen LogP contribution in [0.25, 0.3) is 11.0 Å². The maximum absolute atomic E-state index is 14.3. The third-order valence-corrected chi connectivity index (χ3v) is 8.09. The minimum Gasteiger partial charge on any atom is -0.471 e. The SMILES string of the molecule is COC(=O)c1ccc2nc(CN3CCC(n4cc(C#N)c(OCc5ccc(C#N)cc5F)n4)CC3)n(CC3CCO3)c2c1. The standard InChI is InChI=1S/C31H30FN7O4/c1-41-31(40)21-4-5-27-28(13-21)38(17-25-8-11-42-25)29(35-27)18-37-9-6-24(7-10-37)39-16-23(15-34)30(36-39)43-19-22-3-2-20(14-33)12-26(22)32/h2-5,12-13,16,24-25H,6-11,17-19H2,1H3. The maximum atomic E-state index is 14.3. The van der Waals surface area contributed by atoms with Gasteiger partial charge in [0.2, 0.25) is 0 Å². The first kappa shape index (κ1) is 28.3. The molecule has 11 nitrogen and oxygen atoms in total. The first-order chi connectivity index (χ1) is 20.9. The smallest absolute Gasteiger partial charge is 0.337 e. The zero-order chi connectivity index (χ0) is 29.9. The van der Waals surface area contributed by atoms with E-state index in [1.807, 2.05) is 18.2 Å². The zero-order valence-electron chi connectivity index (χ0n) is 23.7. The van der Waals surface area contributed by atoms with Crippen molar-refractivity contribution in [2.45, 2.75) is 51.1 Å². The van der Waals surface area contributed by atoms with Gasteiger partial charge in [0, 0.05) is 31.5 Å². The van der Waals surface area contributed by atoms with E-state index >= 15 is 0 Å². The summed E-state index contributed by atoms with van der Waals surface area (Å²) in [5, 5.41) is 23.1. The molecule has 2 aromatic carbocycles. The van der Waals surface area contributed by atoms with E-state index in [2.05, 4.69) is 20.6 Å². The number of ether oxygens (including phenoxy) is 3. The molecular weight excluding hydrogens is 553 g/mol. The van der Waals surface area contributed by atoms with Crippen LogP contribution in [0.2, 0.25) is 0 Å². The van der Waals surface area contributed by atoms with Crippen molar-refractivity contribution < 1.29 is 23.4 Å². The first-order valence-electron chi connectivity index (χ1n) is 14.2.